The monoisotopic (exact) mass is 291 g/mol. The van der Waals surface area contributed by atoms with Crippen LogP contribution in [0.4, 0.5) is 5.82 Å². The highest BCUT2D eigenvalue weighted by Crippen LogP contribution is 2.34. The summed E-state index contributed by atoms with van der Waals surface area (Å²) in [6.07, 6.45) is 2.57. The normalized spacial score (nSPS) is 29.0. The van der Waals surface area contributed by atoms with Gasteiger partial charge in [-0.1, -0.05) is 22.8 Å². The molecule has 1 atom stereocenters. The maximum atomic E-state index is 6.28. The topological polar surface area (TPSA) is 41.3 Å². The highest BCUT2D eigenvalue weighted by Gasteiger charge is 2.34. The minimum Gasteiger partial charge on any atom is -0.362 e. The molecule has 0 saturated carbocycles. The Morgan fingerprint density at radius 2 is 2.15 bits per heavy atom. The Hall–Kier alpha value is -1.26. The maximum absolute atomic E-state index is 6.28. The number of hydrogen-bond donors (Lipinski definition) is 1. The largest absolute Gasteiger partial charge is 0.362 e. The number of nitrogens with zero attached hydrogens (tertiary/aromatic N) is 2. The van der Waals surface area contributed by atoms with Gasteiger partial charge in [-0.25, -0.2) is 0 Å². The molecule has 3 fully saturated rings. The van der Waals surface area contributed by atoms with E-state index in [9.17, 15) is 0 Å². The van der Waals surface area contributed by atoms with Crippen molar-refractivity contribution in [2.45, 2.75) is 25.8 Å². The predicted molar refractivity (Wildman–Crippen MR) is 80.3 cm³/mol. The third-order valence-electron chi connectivity index (χ3n) is 4.75. The number of benzene rings is 1. The van der Waals surface area contributed by atoms with Crippen LogP contribution in [0.2, 0.25) is 5.02 Å². The van der Waals surface area contributed by atoms with E-state index in [-0.39, 0.29) is 0 Å². The second-order valence-corrected chi connectivity index (χ2v) is 6.37. The molecule has 2 bridgehead atoms. The average molecular weight is 292 g/mol. The Bertz CT molecular complexity index is 646. The van der Waals surface area contributed by atoms with Gasteiger partial charge in [-0.15, -0.1) is 0 Å². The number of hydrogen-bond acceptors (Lipinski definition) is 4. The van der Waals surface area contributed by atoms with Crippen molar-refractivity contribution in [3.05, 3.63) is 22.7 Å². The smallest absolute Gasteiger partial charge is 0.187 e. The lowest BCUT2D eigenvalue weighted by atomic mass is 9.84. The van der Waals surface area contributed by atoms with Crippen LogP contribution < -0.4 is 5.32 Å². The molecule has 4 nitrogen and oxygen atoms in total. The van der Waals surface area contributed by atoms with Gasteiger partial charge >= 0.3 is 0 Å². The summed E-state index contributed by atoms with van der Waals surface area (Å²) in [5.74, 6) is 1.59. The molecule has 0 amide bonds. The second-order valence-electron chi connectivity index (χ2n) is 5.99. The molecule has 0 aliphatic carbocycles. The van der Waals surface area contributed by atoms with Crippen molar-refractivity contribution in [2.75, 3.05) is 25.0 Å². The zero-order chi connectivity index (χ0) is 13.7. The van der Waals surface area contributed by atoms with E-state index in [1.807, 2.05) is 19.1 Å². The van der Waals surface area contributed by atoms with E-state index in [1.54, 1.807) is 0 Å². The van der Waals surface area contributed by atoms with Crippen molar-refractivity contribution in [3.8, 4) is 0 Å². The van der Waals surface area contributed by atoms with Crippen LogP contribution >= 0.6 is 11.6 Å². The molecule has 2 aromatic rings. The van der Waals surface area contributed by atoms with Gasteiger partial charge in [0, 0.05) is 12.6 Å². The quantitative estimate of drug-likeness (QED) is 0.922. The van der Waals surface area contributed by atoms with Crippen molar-refractivity contribution >= 4 is 28.4 Å². The first-order chi connectivity index (χ1) is 9.72. The van der Waals surface area contributed by atoms with Crippen molar-refractivity contribution < 1.29 is 4.52 Å². The van der Waals surface area contributed by atoms with Gasteiger partial charge in [0.25, 0.3) is 0 Å². The number of rotatable bonds is 2. The first-order valence-corrected chi connectivity index (χ1v) is 7.63. The lowest BCUT2D eigenvalue weighted by Crippen LogP contribution is -2.53. The molecule has 3 saturated heterocycles. The van der Waals surface area contributed by atoms with Crippen molar-refractivity contribution in [1.82, 2.24) is 10.1 Å². The Balaban J connectivity index is 1.65. The van der Waals surface area contributed by atoms with Gasteiger partial charge < -0.3 is 14.7 Å². The molecule has 3 aliphatic rings. The minimum absolute atomic E-state index is 0.478. The zero-order valence-electron chi connectivity index (χ0n) is 11.5. The molecule has 0 spiro atoms. The zero-order valence-corrected chi connectivity index (χ0v) is 12.3. The van der Waals surface area contributed by atoms with Crippen molar-refractivity contribution in [3.63, 3.8) is 0 Å². The summed E-state index contributed by atoms with van der Waals surface area (Å²) in [5, 5.41) is 9.41. The predicted octanol–water partition coefficient (Wildman–Crippen LogP) is 3.30. The Kier molecular flexibility index (Phi) is 2.89. The van der Waals surface area contributed by atoms with E-state index < -0.39 is 0 Å². The molecule has 4 heterocycles. The molecule has 1 aromatic heterocycles. The van der Waals surface area contributed by atoms with Crippen LogP contribution in [0.1, 0.15) is 18.4 Å². The summed E-state index contributed by atoms with van der Waals surface area (Å²) >= 11 is 6.28. The Labute approximate surface area is 123 Å². The molecule has 3 aliphatic heterocycles. The van der Waals surface area contributed by atoms with E-state index in [4.69, 9.17) is 16.1 Å². The standard InChI is InChI=1S/C15H18ClN3O/c1-9-2-3-11-14(13(9)16)20-18-15(11)17-12-8-19-6-4-10(12)5-7-19/h2-3,10,12H,4-8H2,1H3,(H,17,18)/t12-/m1/s1. The summed E-state index contributed by atoms with van der Waals surface area (Å²) in [6, 6.07) is 4.53. The van der Waals surface area contributed by atoms with E-state index in [1.165, 1.54) is 25.9 Å². The molecule has 5 rings (SSSR count). The highest BCUT2D eigenvalue weighted by atomic mass is 35.5. The number of aryl methyl sites for hydroxylation is 1. The van der Waals surface area contributed by atoms with Gasteiger partial charge in [-0.05, 0) is 50.4 Å². The third-order valence-corrected chi connectivity index (χ3v) is 5.22. The number of nitrogens with one attached hydrogen (secondary N) is 1. The summed E-state index contributed by atoms with van der Waals surface area (Å²) in [7, 11) is 0. The first kappa shape index (κ1) is 12.5. The van der Waals surface area contributed by atoms with Crippen LogP contribution in [-0.2, 0) is 0 Å². The van der Waals surface area contributed by atoms with Crippen LogP contribution in [0.15, 0.2) is 16.7 Å². The lowest BCUT2D eigenvalue weighted by molar-refractivity contribution is 0.0973. The minimum atomic E-state index is 0.478. The fourth-order valence-corrected chi connectivity index (χ4v) is 3.68. The van der Waals surface area contributed by atoms with Gasteiger partial charge in [0.15, 0.2) is 11.4 Å². The van der Waals surface area contributed by atoms with Crippen molar-refractivity contribution in [1.29, 1.82) is 0 Å². The molecular weight excluding hydrogens is 274 g/mol. The highest BCUT2D eigenvalue weighted by molar-refractivity contribution is 6.35. The summed E-state index contributed by atoms with van der Waals surface area (Å²) < 4.78 is 5.42. The fraction of sp³-hybridized carbons (Fsp3) is 0.533. The molecule has 5 heteroatoms. The number of fused-ring (bicyclic) bond motifs is 4. The summed E-state index contributed by atoms with van der Waals surface area (Å²) in [6.45, 7) is 5.57. The molecule has 1 aromatic carbocycles. The third kappa shape index (κ3) is 1.90. The van der Waals surface area contributed by atoms with E-state index in [0.29, 0.717) is 16.6 Å². The average Bonchev–Trinajstić information content (AvgIpc) is 2.88. The molecule has 0 radical (unpaired) electrons. The summed E-state index contributed by atoms with van der Waals surface area (Å²) in [5.41, 5.74) is 1.71. The number of aromatic nitrogens is 1. The van der Waals surface area contributed by atoms with Crippen LogP contribution in [-0.4, -0.2) is 35.7 Å². The molecule has 106 valence electrons. The number of halogens is 1. The van der Waals surface area contributed by atoms with Crippen LogP contribution in [0, 0.1) is 12.8 Å². The van der Waals surface area contributed by atoms with Gasteiger partial charge in [0.2, 0.25) is 0 Å². The van der Waals surface area contributed by atoms with E-state index in [2.05, 4.69) is 15.4 Å². The van der Waals surface area contributed by atoms with Crippen molar-refractivity contribution in [2.24, 2.45) is 5.92 Å². The molecule has 0 unspecified atom stereocenters. The summed E-state index contributed by atoms with van der Waals surface area (Å²) in [4.78, 5) is 2.52. The fourth-order valence-electron chi connectivity index (χ4n) is 3.48. The van der Waals surface area contributed by atoms with Crippen LogP contribution in [0.25, 0.3) is 11.0 Å². The first-order valence-electron chi connectivity index (χ1n) is 7.26. The Morgan fingerprint density at radius 3 is 2.85 bits per heavy atom. The molecule has 1 N–H and O–H groups in total. The molecular formula is C15H18ClN3O. The van der Waals surface area contributed by atoms with Crippen LogP contribution in [0.5, 0.6) is 0 Å². The maximum Gasteiger partial charge on any atom is 0.187 e. The SMILES string of the molecule is Cc1ccc2c(N[C@@H]3CN4CCC3CC4)noc2c1Cl. The van der Waals surface area contributed by atoms with E-state index in [0.717, 1.165) is 29.2 Å². The van der Waals surface area contributed by atoms with Gasteiger partial charge in [0.1, 0.15) is 0 Å². The lowest BCUT2D eigenvalue weighted by Gasteiger charge is -2.44. The second kappa shape index (κ2) is 4.64. The van der Waals surface area contributed by atoms with E-state index >= 15 is 0 Å². The van der Waals surface area contributed by atoms with Gasteiger partial charge in [-0.2, -0.15) is 0 Å². The van der Waals surface area contributed by atoms with Gasteiger partial charge in [-0.3, -0.25) is 0 Å². The Morgan fingerprint density at radius 1 is 1.35 bits per heavy atom. The number of anilines is 1. The van der Waals surface area contributed by atoms with Crippen LogP contribution in [0.3, 0.4) is 0 Å². The number of piperidine rings is 3. The molecule has 20 heavy (non-hydrogen) atoms. The van der Waals surface area contributed by atoms with Gasteiger partial charge in [0.05, 0.1) is 10.4 Å².